The molecule has 0 unspecified atom stereocenters. The van der Waals surface area contributed by atoms with Crippen LogP contribution in [0.3, 0.4) is 0 Å². The molecule has 1 heterocycles. The molecular formula is C13H7F6NO. The third kappa shape index (κ3) is 2.98. The third-order valence-corrected chi connectivity index (χ3v) is 2.85. The molecule has 0 aliphatic heterocycles. The van der Waals surface area contributed by atoms with E-state index in [2.05, 4.69) is 4.98 Å². The minimum absolute atomic E-state index is 0.00370. The lowest BCUT2D eigenvalue weighted by Gasteiger charge is -2.22. The van der Waals surface area contributed by atoms with Gasteiger partial charge in [0.25, 0.3) is 0 Å². The maximum atomic E-state index is 12.6. The molecule has 0 radical (unpaired) electrons. The van der Waals surface area contributed by atoms with E-state index in [-0.39, 0.29) is 10.8 Å². The third-order valence-electron chi connectivity index (χ3n) is 2.85. The predicted octanol–water partition coefficient (Wildman–Crippen LogP) is 4.16. The molecule has 1 aromatic carbocycles. The number of hydrogen-bond acceptors (Lipinski definition) is 2. The van der Waals surface area contributed by atoms with Crippen molar-refractivity contribution in [1.82, 2.24) is 4.98 Å². The fourth-order valence-electron chi connectivity index (χ4n) is 1.95. The van der Waals surface area contributed by atoms with Crippen molar-refractivity contribution in [2.45, 2.75) is 12.4 Å². The molecule has 112 valence electrons. The highest BCUT2D eigenvalue weighted by molar-refractivity contribution is 6.09. The second-order valence-electron chi connectivity index (χ2n) is 4.29. The maximum Gasteiger partial charge on any atom is 0.407 e. The molecule has 0 spiro atoms. The molecule has 0 aliphatic carbocycles. The molecule has 0 aliphatic rings. The van der Waals surface area contributed by atoms with Crippen molar-refractivity contribution in [1.29, 1.82) is 0 Å². The van der Waals surface area contributed by atoms with Gasteiger partial charge < -0.3 is 0 Å². The van der Waals surface area contributed by atoms with Crippen molar-refractivity contribution >= 4 is 16.6 Å². The SMILES string of the molecule is O=C(c1cncc2ccccc12)C(C(F)(F)F)C(F)(F)F. The Labute approximate surface area is 114 Å². The van der Waals surface area contributed by atoms with Crippen molar-refractivity contribution in [2.75, 3.05) is 0 Å². The van der Waals surface area contributed by atoms with Crippen LogP contribution >= 0.6 is 0 Å². The van der Waals surface area contributed by atoms with Crippen LogP contribution in [-0.2, 0) is 0 Å². The molecular weight excluding hydrogens is 300 g/mol. The first-order chi connectivity index (χ1) is 9.62. The highest BCUT2D eigenvalue weighted by atomic mass is 19.4. The van der Waals surface area contributed by atoms with Crippen molar-refractivity contribution in [3.8, 4) is 0 Å². The number of alkyl halides is 6. The Morgan fingerprint density at radius 2 is 1.52 bits per heavy atom. The van der Waals surface area contributed by atoms with Gasteiger partial charge in [0.15, 0.2) is 5.78 Å². The van der Waals surface area contributed by atoms with E-state index in [0.717, 1.165) is 6.20 Å². The first-order valence-electron chi connectivity index (χ1n) is 5.63. The van der Waals surface area contributed by atoms with Gasteiger partial charge >= 0.3 is 12.4 Å². The van der Waals surface area contributed by atoms with E-state index >= 15 is 0 Å². The number of carbonyl (C=O) groups is 1. The number of halogens is 6. The summed E-state index contributed by atoms with van der Waals surface area (Å²) < 4.78 is 75.5. The number of Topliss-reactive ketones (excluding diaryl/α,β-unsaturated/α-hetero) is 1. The number of benzene rings is 1. The van der Waals surface area contributed by atoms with Gasteiger partial charge in [0.2, 0.25) is 5.92 Å². The largest absolute Gasteiger partial charge is 0.407 e. The van der Waals surface area contributed by atoms with Crippen LogP contribution in [0.5, 0.6) is 0 Å². The number of pyridine rings is 1. The molecule has 0 bridgehead atoms. The van der Waals surface area contributed by atoms with Crippen LogP contribution < -0.4 is 0 Å². The summed E-state index contributed by atoms with van der Waals surface area (Å²) in [4.78, 5) is 15.3. The van der Waals surface area contributed by atoms with Gasteiger partial charge in [-0.2, -0.15) is 26.3 Å². The van der Waals surface area contributed by atoms with E-state index in [4.69, 9.17) is 0 Å². The molecule has 0 saturated carbocycles. The second kappa shape index (κ2) is 5.01. The minimum atomic E-state index is -5.72. The molecule has 21 heavy (non-hydrogen) atoms. The summed E-state index contributed by atoms with van der Waals surface area (Å²) in [6.07, 6.45) is -9.46. The summed E-state index contributed by atoms with van der Waals surface area (Å²) in [5, 5.41) is 0.280. The fraction of sp³-hybridized carbons (Fsp3) is 0.231. The molecule has 2 rings (SSSR count). The summed E-state index contributed by atoms with van der Waals surface area (Å²) in [5.74, 6) is -6.11. The fourth-order valence-corrected chi connectivity index (χ4v) is 1.95. The Morgan fingerprint density at radius 1 is 0.952 bits per heavy atom. The molecule has 0 atom stereocenters. The zero-order chi connectivity index (χ0) is 15.8. The first-order valence-corrected chi connectivity index (χ1v) is 5.63. The van der Waals surface area contributed by atoms with E-state index in [9.17, 15) is 31.1 Å². The van der Waals surface area contributed by atoms with Crippen LogP contribution in [0.1, 0.15) is 10.4 Å². The first kappa shape index (κ1) is 15.3. The Kier molecular flexibility index (Phi) is 3.65. The van der Waals surface area contributed by atoms with E-state index in [1.807, 2.05) is 0 Å². The molecule has 1 aromatic heterocycles. The van der Waals surface area contributed by atoms with Crippen LogP contribution in [0.4, 0.5) is 26.3 Å². The lowest BCUT2D eigenvalue weighted by atomic mass is 9.94. The van der Waals surface area contributed by atoms with E-state index in [1.54, 1.807) is 0 Å². The standard InChI is InChI=1S/C13H7F6NO/c14-12(15,16)11(13(17,18)19)10(21)9-6-20-5-7-3-1-2-4-8(7)9/h1-6,11H. The Hall–Kier alpha value is -2.12. The lowest BCUT2D eigenvalue weighted by molar-refractivity contribution is -0.264. The summed E-state index contributed by atoms with van der Waals surface area (Å²) >= 11 is 0. The highest BCUT2D eigenvalue weighted by Gasteiger charge is 2.61. The van der Waals surface area contributed by atoms with Crippen molar-refractivity contribution in [3.05, 3.63) is 42.2 Å². The summed E-state index contributed by atoms with van der Waals surface area (Å²) in [5.41, 5.74) is -0.701. The topological polar surface area (TPSA) is 30.0 Å². The number of fused-ring (bicyclic) bond motifs is 1. The highest BCUT2D eigenvalue weighted by Crippen LogP contribution is 2.41. The Balaban J connectivity index is 2.60. The van der Waals surface area contributed by atoms with Crippen molar-refractivity contribution < 1.29 is 31.1 Å². The number of rotatable bonds is 2. The monoisotopic (exact) mass is 307 g/mol. The number of aromatic nitrogens is 1. The maximum absolute atomic E-state index is 12.6. The van der Waals surface area contributed by atoms with E-state index in [1.165, 1.54) is 30.5 Å². The van der Waals surface area contributed by atoms with Crippen LogP contribution in [-0.4, -0.2) is 23.1 Å². The molecule has 2 aromatic rings. The van der Waals surface area contributed by atoms with Gasteiger partial charge in [-0.15, -0.1) is 0 Å². The molecule has 0 saturated heterocycles. The summed E-state index contributed by atoms with van der Waals surface area (Å²) in [7, 11) is 0. The molecule has 0 N–H and O–H groups in total. The van der Waals surface area contributed by atoms with Crippen LogP contribution in [0.15, 0.2) is 36.7 Å². The average Bonchev–Trinajstić information content (AvgIpc) is 2.34. The van der Waals surface area contributed by atoms with Crippen molar-refractivity contribution in [2.24, 2.45) is 5.92 Å². The van der Waals surface area contributed by atoms with E-state index < -0.39 is 29.6 Å². The normalized spacial score (nSPS) is 12.9. The Bertz CT molecular complexity index is 657. The van der Waals surface area contributed by atoms with Gasteiger partial charge in [-0.05, 0) is 5.39 Å². The zero-order valence-corrected chi connectivity index (χ0v) is 10.2. The Morgan fingerprint density at radius 3 is 2.10 bits per heavy atom. The predicted molar refractivity (Wildman–Crippen MR) is 61.7 cm³/mol. The quantitative estimate of drug-likeness (QED) is 0.616. The van der Waals surface area contributed by atoms with Crippen LogP contribution in [0.25, 0.3) is 10.8 Å². The van der Waals surface area contributed by atoms with Crippen LogP contribution in [0.2, 0.25) is 0 Å². The number of carbonyl (C=O) groups excluding carboxylic acids is 1. The minimum Gasteiger partial charge on any atom is -0.293 e. The second-order valence-corrected chi connectivity index (χ2v) is 4.29. The molecule has 0 fully saturated rings. The van der Waals surface area contributed by atoms with E-state index in [0.29, 0.717) is 0 Å². The molecule has 0 amide bonds. The molecule has 8 heteroatoms. The van der Waals surface area contributed by atoms with Crippen LogP contribution in [0, 0.1) is 5.92 Å². The van der Waals surface area contributed by atoms with Gasteiger partial charge in [-0.3, -0.25) is 9.78 Å². The average molecular weight is 307 g/mol. The molecule has 2 nitrogen and oxygen atoms in total. The summed E-state index contributed by atoms with van der Waals surface area (Å²) in [6.45, 7) is 0. The zero-order valence-electron chi connectivity index (χ0n) is 10.2. The van der Waals surface area contributed by atoms with Gasteiger partial charge in [-0.25, -0.2) is 0 Å². The summed E-state index contributed by atoms with van der Waals surface area (Å²) in [6, 6.07) is 5.65. The van der Waals surface area contributed by atoms with Gasteiger partial charge in [0.1, 0.15) is 0 Å². The number of hydrogen-bond donors (Lipinski definition) is 0. The van der Waals surface area contributed by atoms with Gasteiger partial charge in [0.05, 0.1) is 0 Å². The smallest absolute Gasteiger partial charge is 0.293 e. The van der Waals surface area contributed by atoms with Gasteiger partial charge in [0, 0.05) is 23.3 Å². The lowest BCUT2D eigenvalue weighted by Crippen LogP contribution is -2.42. The number of ketones is 1. The van der Waals surface area contributed by atoms with Gasteiger partial charge in [-0.1, -0.05) is 24.3 Å². The number of nitrogens with zero attached hydrogens (tertiary/aromatic N) is 1. The van der Waals surface area contributed by atoms with Crippen molar-refractivity contribution in [3.63, 3.8) is 0 Å².